The van der Waals surface area contributed by atoms with Crippen LogP contribution in [0, 0.1) is 16.0 Å². The Morgan fingerprint density at radius 1 is 1.27 bits per heavy atom. The molecule has 44 heavy (non-hydrogen) atoms. The van der Waals surface area contributed by atoms with Gasteiger partial charge in [-0.1, -0.05) is 12.1 Å². The average Bonchev–Trinajstić information content (AvgIpc) is 3.70. The molecule has 2 saturated carbocycles. The first-order valence-corrected chi connectivity index (χ1v) is 14.8. The Bertz CT molecular complexity index is 1580. The molecule has 5 atom stereocenters. The van der Waals surface area contributed by atoms with Gasteiger partial charge in [-0.15, -0.1) is 13.2 Å². The number of piperidine rings is 1. The third kappa shape index (κ3) is 4.34. The van der Waals surface area contributed by atoms with Crippen molar-refractivity contribution in [2.75, 3.05) is 20.1 Å². The fraction of sp³-hybridized carbons (Fsp3) is 0.516. The molecule has 13 heteroatoms. The Morgan fingerprint density at radius 2 is 2.05 bits per heavy atom. The zero-order chi connectivity index (χ0) is 31.2. The van der Waals surface area contributed by atoms with Crippen molar-refractivity contribution in [3.05, 3.63) is 63.2 Å². The van der Waals surface area contributed by atoms with E-state index in [1.165, 1.54) is 35.3 Å². The van der Waals surface area contributed by atoms with Gasteiger partial charge in [0.1, 0.15) is 11.9 Å². The molecule has 2 aliphatic heterocycles. The van der Waals surface area contributed by atoms with Crippen molar-refractivity contribution in [1.82, 2.24) is 9.80 Å². The van der Waals surface area contributed by atoms with Crippen LogP contribution >= 0.6 is 0 Å². The number of likely N-dealkylation sites (tertiary alicyclic amines) is 1. The SMILES string of the molecule is CN(C(=O)C=Cc1cccc(OC(F)(F)F)c1)[C@H]1CC[C@@]2(O)[C@H]3Cc4c([N+](=O)[O-])cc(O)c5c4[C@@]2(CCN3CC2CC2)[C@H]1O5. The van der Waals surface area contributed by atoms with Crippen molar-refractivity contribution in [2.45, 2.75) is 74.1 Å². The molecule has 234 valence electrons. The Labute approximate surface area is 250 Å². The molecule has 2 aromatic carbocycles. The van der Waals surface area contributed by atoms with E-state index in [0.29, 0.717) is 48.4 Å². The Morgan fingerprint density at radius 3 is 2.75 bits per heavy atom. The van der Waals surface area contributed by atoms with Gasteiger partial charge in [0.25, 0.3) is 5.69 Å². The lowest BCUT2D eigenvalue weighted by atomic mass is 9.48. The summed E-state index contributed by atoms with van der Waals surface area (Å²) in [5.74, 6) is -0.537. The lowest BCUT2D eigenvalue weighted by Gasteiger charge is -2.64. The highest BCUT2D eigenvalue weighted by Crippen LogP contribution is 2.67. The molecule has 2 bridgehead atoms. The summed E-state index contributed by atoms with van der Waals surface area (Å²) in [4.78, 5) is 28.9. The van der Waals surface area contributed by atoms with Gasteiger partial charge in [0, 0.05) is 36.8 Å². The van der Waals surface area contributed by atoms with E-state index in [9.17, 15) is 38.3 Å². The van der Waals surface area contributed by atoms with Crippen LogP contribution in [0.25, 0.3) is 6.08 Å². The molecule has 0 aromatic heterocycles. The number of likely N-dealkylation sites (N-methyl/N-ethyl adjacent to an activating group) is 1. The fourth-order valence-electron chi connectivity index (χ4n) is 8.35. The predicted octanol–water partition coefficient (Wildman–Crippen LogP) is 4.30. The summed E-state index contributed by atoms with van der Waals surface area (Å²) >= 11 is 0. The number of hydrogen-bond acceptors (Lipinski definition) is 8. The molecular formula is C31H32F3N3O7. The molecule has 5 aliphatic rings. The van der Waals surface area contributed by atoms with Crippen LogP contribution in [0.5, 0.6) is 17.2 Å². The summed E-state index contributed by atoms with van der Waals surface area (Å²) < 4.78 is 48.4. The number of nitrogens with zero attached hydrogens (tertiary/aromatic N) is 3. The second-order valence-electron chi connectivity index (χ2n) is 12.7. The smallest absolute Gasteiger partial charge is 0.504 e. The first-order chi connectivity index (χ1) is 20.8. The highest BCUT2D eigenvalue weighted by Gasteiger charge is 2.74. The summed E-state index contributed by atoms with van der Waals surface area (Å²) in [6.45, 7) is 1.46. The molecule has 7 rings (SSSR count). The predicted molar refractivity (Wildman–Crippen MR) is 150 cm³/mol. The number of carbonyl (C=O) groups excluding carboxylic acids is 1. The Balaban J connectivity index is 1.23. The number of amides is 1. The number of aromatic hydroxyl groups is 1. The third-order valence-electron chi connectivity index (χ3n) is 10.4. The third-order valence-corrected chi connectivity index (χ3v) is 10.4. The minimum atomic E-state index is -4.85. The van der Waals surface area contributed by atoms with E-state index >= 15 is 0 Å². The van der Waals surface area contributed by atoms with Gasteiger partial charge in [0.05, 0.1) is 28.0 Å². The van der Waals surface area contributed by atoms with Crippen molar-refractivity contribution in [3.63, 3.8) is 0 Å². The molecule has 0 radical (unpaired) electrons. The van der Waals surface area contributed by atoms with Gasteiger partial charge in [0.2, 0.25) is 5.91 Å². The van der Waals surface area contributed by atoms with Gasteiger partial charge in [0.15, 0.2) is 11.5 Å². The van der Waals surface area contributed by atoms with E-state index in [1.807, 2.05) is 0 Å². The van der Waals surface area contributed by atoms with Crippen molar-refractivity contribution in [1.29, 1.82) is 0 Å². The zero-order valence-electron chi connectivity index (χ0n) is 23.9. The maximum atomic E-state index is 13.5. The normalized spacial score (nSPS) is 30.5. The molecular weight excluding hydrogens is 583 g/mol. The highest BCUT2D eigenvalue weighted by atomic mass is 19.4. The largest absolute Gasteiger partial charge is 0.573 e. The lowest BCUT2D eigenvalue weighted by Crippen LogP contribution is -2.78. The molecule has 10 nitrogen and oxygen atoms in total. The molecule has 1 saturated heterocycles. The summed E-state index contributed by atoms with van der Waals surface area (Å²) in [6.07, 6.45) is 0.674. The maximum Gasteiger partial charge on any atom is 0.573 e. The highest BCUT2D eigenvalue weighted by molar-refractivity contribution is 5.92. The number of aliphatic hydroxyl groups is 1. The second kappa shape index (κ2) is 9.83. The van der Waals surface area contributed by atoms with Gasteiger partial charge >= 0.3 is 6.36 Å². The number of nitro groups is 1. The molecule has 0 unspecified atom stereocenters. The molecule has 1 spiro atoms. The number of nitro benzene ring substituents is 1. The number of hydrogen-bond donors (Lipinski definition) is 2. The maximum absolute atomic E-state index is 13.5. The van der Waals surface area contributed by atoms with E-state index in [2.05, 4.69) is 9.64 Å². The minimum Gasteiger partial charge on any atom is -0.504 e. The second-order valence-corrected chi connectivity index (χ2v) is 12.7. The lowest BCUT2D eigenvalue weighted by molar-refractivity contribution is -0.386. The Kier molecular flexibility index (Phi) is 6.46. The quantitative estimate of drug-likeness (QED) is 0.268. The van der Waals surface area contributed by atoms with Crippen molar-refractivity contribution in [2.24, 2.45) is 5.92 Å². The topological polar surface area (TPSA) is 126 Å². The van der Waals surface area contributed by atoms with Crippen LogP contribution in [-0.4, -0.2) is 81.1 Å². The standard InChI is InChI=1S/C31H32F3N3O7/c1-35(25(39)8-7-17-3-2-4-19(13-17)44-31(32,33)34)21-9-10-30(40)24-14-20-22(37(41)42)15-23(38)27-26(20)29(30,28(21)43-27)11-12-36(24)16-18-5-6-18/h2-4,7-8,13,15,18,21,24,28,38,40H,5-6,9-12,14,16H2,1H3/t21-,24+,28-,29-,30+/m0/s1. The van der Waals surface area contributed by atoms with Crippen LogP contribution in [0.2, 0.25) is 0 Å². The summed E-state index contributed by atoms with van der Waals surface area (Å²) in [7, 11) is 1.60. The van der Waals surface area contributed by atoms with Gasteiger partial charge in [-0.2, -0.15) is 0 Å². The van der Waals surface area contributed by atoms with E-state index < -0.39 is 46.1 Å². The number of phenolic OH excluding ortho intramolecular Hbond substituents is 1. The van der Waals surface area contributed by atoms with Crippen LogP contribution in [0.1, 0.15) is 48.8 Å². The van der Waals surface area contributed by atoms with Crippen molar-refractivity contribution < 1.29 is 42.6 Å². The average molecular weight is 616 g/mol. The van der Waals surface area contributed by atoms with Gasteiger partial charge < -0.3 is 24.6 Å². The van der Waals surface area contributed by atoms with E-state index in [0.717, 1.165) is 31.5 Å². The monoisotopic (exact) mass is 615 g/mol. The molecule has 2 N–H and O–H groups in total. The van der Waals surface area contributed by atoms with E-state index in [4.69, 9.17) is 4.74 Å². The van der Waals surface area contributed by atoms with Crippen molar-refractivity contribution in [3.8, 4) is 17.2 Å². The molecule has 3 fully saturated rings. The first-order valence-electron chi connectivity index (χ1n) is 14.8. The summed E-state index contributed by atoms with van der Waals surface area (Å²) in [5.41, 5.74) is -1.28. The van der Waals surface area contributed by atoms with Gasteiger partial charge in [-0.3, -0.25) is 19.8 Å². The number of halogens is 3. The first kappa shape index (κ1) is 28.9. The number of alkyl halides is 3. The van der Waals surface area contributed by atoms with Gasteiger partial charge in [-0.25, -0.2) is 0 Å². The summed E-state index contributed by atoms with van der Waals surface area (Å²) in [6, 6.07) is 5.45. The number of rotatable bonds is 7. The van der Waals surface area contributed by atoms with Crippen LogP contribution in [0.3, 0.4) is 0 Å². The molecule has 2 aromatic rings. The fourth-order valence-corrected chi connectivity index (χ4v) is 8.35. The number of ether oxygens (including phenoxy) is 2. The molecule has 1 amide bonds. The van der Waals surface area contributed by atoms with Crippen LogP contribution in [0.15, 0.2) is 36.4 Å². The van der Waals surface area contributed by atoms with Crippen molar-refractivity contribution >= 4 is 17.7 Å². The van der Waals surface area contributed by atoms with Crippen LogP contribution in [0.4, 0.5) is 18.9 Å². The van der Waals surface area contributed by atoms with E-state index in [1.54, 1.807) is 7.05 Å². The molecule has 2 heterocycles. The molecule has 3 aliphatic carbocycles. The number of benzene rings is 2. The summed E-state index contributed by atoms with van der Waals surface area (Å²) in [5, 5.41) is 35.8. The Hall–Kier alpha value is -3.84. The van der Waals surface area contributed by atoms with E-state index in [-0.39, 0.29) is 29.6 Å². The number of carbonyl (C=O) groups is 1. The van der Waals surface area contributed by atoms with Crippen LogP contribution in [-0.2, 0) is 16.6 Å². The zero-order valence-corrected chi connectivity index (χ0v) is 23.9. The minimum absolute atomic E-state index is 0.132. The van der Waals surface area contributed by atoms with Gasteiger partial charge in [-0.05, 0) is 74.8 Å². The number of phenols is 1. The van der Waals surface area contributed by atoms with Crippen LogP contribution < -0.4 is 9.47 Å².